The Morgan fingerprint density at radius 2 is 1.36 bits per heavy atom. The van der Waals surface area contributed by atoms with E-state index in [2.05, 4.69) is 14.6 Å². The number of hydrogen-bond donors (Lipinski definition) is 5. The average molecular weight is 774 g/mol. The standard InChI is InChI=1S/C31H39F8N7O7/c1-28(2,30(34,35)36)22(41-26(50)52-5)24(48)40-13-17(47)14-46(44-25(49)23(42-27(51)53-6)29(3,4)31(37,38)39)21-18(32)11-15(12-19(21)33)20-9-10-45(43-20)16-7-8-16/h9-12,16-17,22-23,47H,7-8,13-14H2,1-6H3,(H,40,48)(H,41,50)(H,42,51)(H,44,49)/t17-,22?,23-/m1/s1. The molecule has 1 saturated carbocycles. The first-order chi connectivity index (χ1) is 24.3. The summed E-state index contributed by atoms with van der Waals surface area (Å²) in [6.45, 7) is 0.155. The van der Waals surface area contributed by atoms with Crippen molar-refractivity contribution in [2.75, 3.05) is 32.3 Å². The zero-order chi connectivity index (χ0) is 40.3. The van der Waals surface area contributed by atoms with Gasteiger partial charge in [0, 0.05) is 18.3 Å². The normalized spacial score (nSPS) is 15.5. The highest BCUT2D eigenvalue weighted by atomic mass is 19.4. The Morgan fingerprint density at radius 1 is 0.887 bits per heavy atom. The fraction of sp³-hybridized carbons (Fsp3) is 0.581. The van der Waals surface area contributed by atoms with Gasteiger partial charge in [-0.25, -0.2) is 18.4 Å². The summed E-state index contributed by atoms with van der Waals surface area (Å²) in [7, 11) is 1.62. The number of benzene rings is 1. The van der Waals surface area contributed by atoms with Gasteiger partial charge in [0.1, 0.15) is 17.8 Å². The second kappa shape index (κ2) is 16.0. The minimum atomic E-state index is -5.16. The Balaban J connectivity index is 1.99. The van der Waals surface area contributed by atoms with Crippen molar-refractivity contribution in [3.8, 4) is 11.3 Å². The summed E-state index contributed by atoms with van der Waals surface area (Å²) in [5.41, 5.74) is -5.16. The number of methoxy groups -OCH3 is 2. The van der Waals surface area contributed by atoms with Gasteiger partial charge in [0.25, 0.3) is 5.91 Å². The fourth-order valence-electron chi connectivity index (χ4n) is 4.82. The summed E-state index contributed by atoms with van der Waals surface area (Å²) in [6.07, 6.45) is -11.9. The van der Waals surface area contributed by atoms with E-state index in [0.29, 0.717) is 27.7 Å². The summed E-state index contributed by atoms with van der Waals surface area (Å²) in [4.78, 5) is 50.1. The number of alkyl halides is 6. The molecule has 14 nitrogen and oxygen atoms in total. The van der Waals surface area contributed by atoms with E-state index in [1.807, 2.05) is 10.7 Å². The maximum absolute atomic E-state index is 15.8. The zero-order valence-corrected chi connectivity index (χ0v) is 29.2. The van der Waals surface area contributed by atoms with Crippen LogP contribution in [0.3, 0.4) is 0 Å². The Kier molecular flexibility index (Phi) is 12.8. The molecule has 0 radical (unpaired) electrons. The molecule has 1 aliphatic rings. The number of hydrogen-bond acceptors (Lipinski definition) is 9. The lowest BCUT2D eigenvalue weighted by atomic mass is 9.83. The second-order valence-electron chi connectivity index (χ2n) is 13.3. The number of carbonyl (C=O) groups is 4. The van der Waals surface area contributed by atoms with E-state index in [0.717, 1.165) is 39.2 Å². The van der Waals surface area contributed by atoms with Crippen LogP contribution in [0.1, 0.15) is 46.6 Å². The molecule has 1 heterocycles. The molecule has 1 aromatic heterocycles. The number of anilines is 1. The molecular formula is C31H39F8N7O7. The molecule has 0 aliphatic heterocycles. The van der Waals surface area contributed by atoms with Crippen molar-refractivity contribution in [3.63, 3.8) is 0 Å². The van der Waals surface area contributed by atoms with Crippen LogP contribution in [0.5, 0.6) is 0 Å². The number of halogens is 8. The summed E-state index contributed by atoms with van der Waals surface area (Å²) in [5, 5.41) is 20.8. The summed E-state index contributed by atoms with van der Waals surface area (Å²) >= 11 is 0. The minimum absolute atomic E-state index is 0.0814. The van der Waals surface area contributed by atoms with Gasteiger partial charge < -0.3 is 30.5 Å². The number of ether oxygens (including phenoxy) is 2. The number of rotatable bonds is 14. The van der Waals surface area contributed by atoms with Crippen LogP contribution in [-0.2, 0) is 19.1 Å². The number of aliphatic hydroxyl groups excluding tert-OH is 1. The predicted octanol–water partition coefficient (Wildman–Crippen LogP) is 4.10. The van der Waals surface area contributed by atoms with Crippen LogP contribution in [0.2, 0.25) is 0 Å². The van der Waals surface area contributed by atoms with Crippen LogP contribution in [-0.4, -0.2) is 96.7 Å². The van der Waals surface area contributed by atoms with Gasteiger partial charge in [0.05, 0.1) is 49.4 Å². The maximum Gasteiger partial charge on any atom is 0.407 e. The van der Waals surface area contributed by atoms with Gasteiger partial charge in [0.15, 0.2) is 11.6 Å². The van der Waals surface area contributed by atoms with E-state index in [1.54, 1.807) is 21.5 Å². The lowest BCUT2D eigenvalue weighted by Crippen LogP contribution is -2.62. The van der Waals surface area contributed by atoms with Crippen LogP contribution >= 0.6 is 0 Å². The van der Waals surface area contributed by atoms with Crippen molar-refractivity contribution in [3.05, 3.63) is 36.0 Å². The van der Waals surface area contributed by atoms with E-state index >= 15 is 8.78 Å². The number of nitrogens with zero attached hydrogens (tertiary/aromatic N) is 3. The molecule has 1 aromatic carbocycles. The number of hydrazine groups is 1. The third-order valence-corrected chi connectivity index (χ3v) is 8.59. The molecule has 1 unspecified atom stereocenters. The molecule has 2 aromatic rings. The number of alkyl carbamates (subject to hydrolysis) is 2. The van der Waals surface area contributed by atoms with E-state index < -0.39 is 95.8 Å². The number of aromatic nitrogens is 2. The average Bonchev–Trinajstić information content (AvgIpc) is 3.78. The monoisotopic (exact) mass is 773 g/mol. The topological polar surface area (TPSA) is 176 Å². The van der Waals surface area contributed by atoms with Crippen molar-refractivity contribution in [2.45, 2.75) is 77.1 Å². The third kappa shape index (κ3) is 9.96. The van der Waals surface area contributed by atoms with Crippen molar-refractivity contribution in [1.82, 2.24) is 31.2 Å². The molecule has 4 amide bonds. The van der Waals surface area contributed by atoms with E-state index in [4.69, 9.17) is 0 Å². The van der Waals surface area contributed by atoms with Crippen LogP contribution in [0.4, 0.5) is 50.4 Å². The molecule has 0 saturated heterocycles. The molecule has 3 atom stereocenters. The smallest absolute Gasteiger partial charge is 0.407 e. The Bertz CT molecular complexity index is 1640. The highest BCUT2D eigenvalue weighted by molar-refractivity contribution is 5.88. The molecule has 0 bridgehead atoms. The van der Waals surface area contributed by atoms with E-state index in [-0.39, 0.29) is 22.3 Å². The van der Waals surface area contributed by atoms with E-state index in [9.17, 15) is 50.6 Å². The molecule has 0 spiro atoms. The summed E-state index contributed by atoms with van der Waals surface area (Å²) < 4.78 is 125. The fourth-order valence-corrected chi connectivity index (χ4v) is 4.82. The van der Waals surface area contributed by atoms with Crippen LogP contribution in [0, 0.1) is 22.5 Å². The largest absolute Gasteiger partial charge is 0.453 e. The zero-order valence-electron chi connectivity index (χ0n) is 29.2. The number of amides is 4. The van der Waals surface area contributed by atoms with Gasteiger partial charge in [-0.2, -0.15) is 31.4 Å². The molecule has 296 valence electrons. The number of carbonyl (C=O) groups excluding carboxylic acids is 4. The predicted molar refractivity (Wildman–Crippen MR) is 169 cm³/mol. The first-order valence-electron chi connectivity index (χ1n) is 15.8. The third-order valence-electron chi connectivity index (χ3n) is 8.59. The highest BCUT2D eigenvalue weighted by Crippen LogP contribution is 2.42. The van der Waals surface area contributed by atoms with Gasteiger partial charge in [-0.15, -0.1) is 0 Å². The highest BCUT2D eigenvalue weighted by Gasteiger charge is 2.57. The first-order valence-corrected chi connectivity index (χ1v) is 15.8. The summed E-state index contributed by atoms with van der Waals surface area (Å²) in [5.74, 6) is -6.03. The van der Waals surface area contributed by atoms with Crippen molar-refractivity contribution >= 4 is 29.7 Å². The summed E-state index contributed by atoms with van der Waals surface area (Å²) in [6, 6.07) is -1.68. The second-order valence-corrected chi connectivity index (χ2v) is 13.3. The van der Waals surface area contributed by atoms with E-state index in [1.165, 1.54) is 6.07 Å². The first kappa shape index (κ1) is 42.5. The lowest BCUT2D eigenvalue weighted by Gasteiger charge is -2.37. The number of aliphatic hydroxyl groups is 1. The Morgan fingerprint density at radius 3 is 1.79 bits per heavy atom. The molecule has 5 N–H and O–H groups in total. The van der Waals surface area contributed by atoms with Crippen LogP contribution in [0.15, 0.2) is 24.4 Å². The molecular weight excluding hydrogens is 734 g/mol. The van der Waals surface area contributed by atoms with Crippen LogP contribution in [0.25, 0.3) is 11.3 Å². The quantitative estimate of drug-likeness (QED) is 0.140. The van der Waals surface area contributed by atoms with Gasteiger partial charge in [-0.1, -0.05) is 0 Å². The Labute approximate surface area is 297 Å². The number of nitrogens with one attached hydrogen (secondary N) is 4. The molecule has 1 aliphatic carbocycles. The minimum Gasteiger partial charge on any atom is -0.453 e. The van der Waals surface area contributed by atoms with Gasteiger partial charge >= 0.3 is 24.5 Å². The lowest BCUT2D eigenvalue weighted by molar-refractivity contribution is -0.220. The van der Waals surface area contributed by atoms with Gasteiger partial charge in [0.2, 0.25) is 5.91 Å². The maximum atomic E-state index is 15.8. The Hall–Kier alpha value is -4.89. The SMILES string of the molecule is COC(=O)NC(C(=O)NC[C@@H](O)CN(NC(=O)[C@@H](NC(=O)OC)C(C)(C)C(F)(F)F)c1c(F)cc(-c2ccn(C3CC3)n2)cc1F)C(C)(C)C(F)(F)F. The van der Waals surface area contributed by atoms with Gasteiger partial charge in [-0.3, -0.25) is 24.7 Å². The van der Waals surface area contributed by atoms with Crippen molar-refractivity contribution in [1.29, 1.82) is 0 Å². The molecule has 1 fully saturated rings. The molecule has 53 heavy (non-hydrogen) atoms. The van der Waals surface area contributed by atoms with Gasteiger partial charge in [-0.05, 0) is 58.7 Å². The molecule has 22 heteroatoms. The molecule has 3 rings (SSSR count). The van der Waals surface area contributed by atoms with Crippen LogP contribution < -0.4 is 26.4 Å². The van der Waals surface area contributed by atoms with Crippen molar-refractivity contribution in [2.24, 2.45) is 10.8 Å². The van der Waals surface area contributed by atoms with Crippen molar-refractivity contribution < 1.29 is 68.9 Å².